The van der Waals surface area contributed by atoms with Crippen LogP contribution in [0.4, 0.5) is 10.3 Å². The van der Waals surface area contributed by atoms with Gasteiger partial charge in [-0.1, -0.05) is 0 Å². The highest BCUT2D eigenvalue weighted by molar-refractivity contribution is 5.31. The Labute approximate surface area is 142 Å². The molecule has 3 fully saturated rings. The van der Waals surface area contributed by atoms with Crippen LogP contribution in [-0.4, -0.2) is 58.3 Å². The molecule has 24 heavy (non-hydrogen) atoms. The Morgan fingerprint density at radius 1 is 1.12 bits per heavy atom. The molecule has 1 spiro atoms. The van der Waals surface area contributed by atoms with Crippen LogP contribution in [0.3, 0.4) is 0 Å². The van der Waals surface area contributed by atoms with E-state index in [9.17, 15) is 9.50 Å². The van der Waals surface area contributed by atoms with Gasteiger partial charge in [0.05, 0.1) is 6.10 Å². The molecule has 3 aliphatic rings. The summed E-state index contributed by atoms with van der Waals surface area (Å²) in [5.41, 5.74) is 0.296. The van der Waals surface area contributed by atoms with Gasteiger partial charge in [-0.15, -0.1) is 0 Å². The molecule has 1 saturated carbocycles. The fourth-order valence-corrected chi connectivity index (χ4v) is 4.90. The molecule has 1 aliphatic carbocycles. The van der Waals surface area contributed by atoms with Gasteiger partial charge in [-0.05, 0) is 51.5 Å². The molecule has 1 N–H and O–H groups in total. The van der Waals surface area contributed by atoms with Gasteiger partial charge in [0.15, 0.2) is 0 Å². The Balaban J connectivity index is 1.42. The summed E-state index contributed by atoms with van der Waals surface area (Å²) in [7, 11) is 0. The number of rotatable bonds is 2. The molecule has 0 amide bonds. The Morgan fingerprint density at radius 3 is 2.75 bits per heavy atom. The average molecular weight is 334 g/mol. The molecular weight excluding hydrogens is 307 g/mol. The first kappa shape index (κ1) is 16.2. The third-order valence-electron chi connectivity index (χ3n) is 6.20. The van der Waals surface area contributed by atoms with Crippen molar-refractivity contribution >= 4 is 5.95 Å². The number of nitrogens with zero attached hydrogens (tertiary/aromatic N) is 4. The Hall–Kier alpha value is -1.27. The second-order valence-corrected chi connectivity index (χ2v) is 7.89. The largest absolute Gasteiger partial charge is 0.393 e. The molecule has 2 saturated heterocycles. The maximum absolute atomic E-state index is 13.4. The first-order chi connectivity index (χ1) is 11.6. The van der Waals surface area contributed by atoms with Crippen molar-refractivity contribution in [3.05, 3.63) is 18.2 Å². The van der Waals surface area contributed by atoms with Gasteiger partial charge in [-0.3, -0.25) is 4.90 Å². The zero-order valence-electron chi connectivity index (χ0n) is 14.2. The zero-order chi connectivity index (χ0) is 16.6. The van der Waals surface area contributed by atoms with Crippen molar-refractivity contribution in [2.45, 2.75) is 57.1 Å². The van der Waals surface area contributed by atoms with Crippen molar-refractivity contribution in [2.75, 3.05) is 31.1 Å². The molecule has 0 unspecified atom stereocenters. The number of hydrogen-bond donors (Lipinski definition) is 1. The monoisotopic (exact) mass is 334 g/mol. The van der Waals surface area contributed by atoms with Gasteiger partial charge < -0.3 is 10.0 Å². The van der Waals surface area contributed by atoms with E-state index in [0.717, 1.165) is 58.3 Å². The van der Waals surface area contributed by atoms with Crippen LogP contribution in [0.25, 0.3) is 0 Å². The van der Waals surface area contributed by atoms with E-state index in [1.807, 2.05) is 0 Å². The van der Waals surface area contributed by atoms with E-state index in [1.165, 1.54) is 25.1 Å². The summed E-state index contributed by atoms with van der Waals surface area (Å²) in [6, 6.07) is 1.94. The van der Waals surface area contributed by atoms with Crippen LogP contribution >= 0.6 is 0 Å². The number of piperidine rings is 1. The maximum atomic E-state index is 13.4. The molecule has 4 rings (SSSR count). The molecule has 0 bridgehead atoms. The number of likely N-dealkylation sites (tertiary alicyclic amines) is 1. The predicted octanol–water partition coefficient (Wildman–Crippen LogP) is 2.21. The van der Waals surface area contributed by atoms with Crippen LogP contribution in [0, 0.1) is 11.4 Å². The van der Waals surface area contributed by atoms with E-state index in [4.69, 9.17) is 0 Å². The van der Waals surface area contributed by atoms with Gasteiger partial charge in [-0.2, -0.15) is 9.37 Å². The number of hydrogen-bond acceptors (Lipinski definition) is 5. The van der Waals surface area contributed by atoms with E-state index >= 15 is 0 Å². The highest BCUT2D eigenvalue weighted by atomic mass is 19.1. The summed E-state index contributed by atoms with van der Waals surface area (Å²) < 4.78 is 13.4. The standard InChI is InChI=1S/C18H27FN4O/c19-16-6-9-20-17(21-16)23-10-1-7-18(13-23)8-11-22(12-18)14-2-4-15(24)5-3-14/h6,9,14-15,24H,1-5,7-8,10-13H2/t14?,15?,18-/m1/s1. The van der Waals surface area contributed by atoms with E-state index in [2.05, 4.69) is 19.8 Å². The molecule has 2 aliphatic heterocycles. The van der Waals surface area contributed by atoms with Gasteiger partial charge in [0.2, 0.25) is 11.9 Å². The van der Waals surface area contributed by atoms with Gasteiger partial charge in [0, 0.05) is 43.4 Å². The Bertz CT molecular complexity index is 578. The van der Waals surface area contributed by atoms with Crippen molar-refractivity contribution in [2.24, 2.45) is 5.41 Å². The summed E-state index contributed by atoms with van der Waals surface area (Å²) in [5, 5.41) is 9.73. The zero-order valence-corrected chi connectivity index (χ0v) is 14.2. The summed E-state index contributed by atoms with van der Waals surface area (Å²) >= 11 is 0. The maximum Gasteiger partial charge on any atom is 0.227 e. The number of aromatic nitrogens is 2. The fourth-order valence-electron chi connectivity index (χ4n) is 4.90. The van der Waals surface area contributed by atoms with Gasteiger partial charge >= 0.3 is 0 Å². The lowest BCUT2D eigenvalue weighted by atomic mass is 9.79. The SMILES string of the molecule is OC1CCC(N2CC[C@]3(CCCN(c4nccc(F)n4)C3)C2)CC1. The minimum Gasteiger partial charge on any atom is -0.393 e. The van der Waals surface area contributed by atoms with Gasteiger partial charge in [0.1, 0.15) is 0 Å². The average Bonchev–Trinajstić information content (AvgIpc) is 2.99. The minimum atomic E-state index is -0.451. The molecular formula is C18H27FN4O. The molecule has 0 radical (unpaired) electrons. The summed E-state index contributed by atoms with van der Waals surface area (Å²) in [4.78, 5) is 13.1. The van der Waals surface area contributed by atoms with Crippen LogP contribution in [0.5, 0.6) is 0 Å². The van der Waals surface area contributed by atoms with E-state index in [1.54, 1.807) is 0 Å². The van der Waals surface area contributed by atoms with Crippen molar-refractivity contribution in [1.82, 2.24) is 14.9 Å². The lowest BCUT2D eigenvalue weighted by molar-refractivity contribution is 0.0770. The van der Waals surface area contributed by atoms with Crippen LogP contribution in [0.2, 0.25) is 0 Å². The molecule has 1 aromatic heterocycles. The van der Waals surface area contributed by atoms with Gasteiger partial charge in [-0.25, -0.2) is 4.98 Å². The van der Waals surface area contributed by atoms with E-state index in [0.29, 0.717) is 17.4 Å². The second-order valence-electron chi connectivity index (χ2n) is 7.89. The molecule has 132 valence electrons. The summed E-state index contributed by atoms with van der Waals surface area (Å²) in [6.45, 7) is 4.13. The summed E-state index contributed by atoms with van der Waals surface area (Å²) in [6.07, 6.45) is 9.11. The smallest absolute Gasteiger partial charge is 0.227 e. The van der Waals surface area contributed by atoms with Crippen LogP contribution in [-0.2, 0) is 0 Å². The highest BCUT2D eigenvalue weighted by Crippen LogP contribution is 2.41. The lowest BCUT2D eigenvalue weighted by Crippen LogP contribution is -2.47. The van der Waals surface area contributed by atoms with Crippen molar-refractivity contribution in [3.63, 3.8) is 0 Å². The molecule has 1 aromatic rings. The first-order valence-electron chi connectivity index (χ1n) is 9.29. The Morgan fingerprint density at radius 2 is 1.96 bits per heavy atom. The second kappa shape index (κ2) is 6.56. The molecule has 1 atom stereocenters. The third kappa shape index (κ3) is 3.26. The van der Waals surface area contributed by atoms with Gasteiger partial charge in [0.25, 0.3) is 0 Å². The topological polar surface area (TPSA) is 52.5 Å². The quantitative estimate of drug-likeness (QED) is 0.841. The predicted molar refractivity (Wildman–Crippen MR) is 90.3 cm³/mol. The van der Waals surface area contributed by atoms with Crippen LogP contribution < -0.4 is 4.90 Å². The number of aliphatic hydroxyl groups is 1. The van der Waals surface area contributed by atoms with Crippen molar-refractivity contribution in [3.8, 4) is 0 Å². The number of halogens is 1. The molecule has 5 nitrogen and oxygen atoms in total. The molecule has 3 heterocycles. The molecule has 6 heteroatoms. The minimum absolute atomic E-state index is 0.0897. The lowest BCUT2D eigenvalue weighted by Gasteiger charge is -2.41. The number of anilines is 1. The molecule has 0 aromatic carbocycles. The number of aliphatic hydroxyl groups excluding tert-OH is 1. The highest BCUT2D eigenvalue weighted by Gasteiger charge is 2.44. The van der Waals surface area contributed by atoms with E-state index in [-0.39, 0.29) is 6.10 Å². The van der Waals surface area contributed by atoms with Crippen molar-refractivity contribution < 1.29 is 9.50 Å². The van der Waals surface area contributed by atoms with Crippen LogP contribution in [0.1, 0.15) is 44.9 Å². The normalized spacial score (nSPS) is 34.8. The fraction of sp³-hybridized carbons (Fsp3) is 0.778. The van der Waals surface area contributed by atoms with E-state index < -0.39 is 5.95 Å². The van der Waals surface area contributed by atoms with Crippen LogP contribution in [0.15, 0.2) is 12.3 Å². The summed E-state index contributed by atoms with van der Waals surface area (Å²) in [5.74, 6) is 0.0850. The third-order valence-corrected chi connectivity index (χ3v) is 6.20. The van der Waals surface area contributed by atoms with Crippen molar-refractivity contribution in [1.29, 1.82) is 0 Å². The first-order valence-corrected chi connectivity index (χ1v) is 9.29. The Kier molecular flexibility index (Phi) is 4.43.